The summed E-state index contributed by atoms with van der Waals surface area (Å²) in [6, 6.07) is 5.40. The molecule has 0 N–H and O–H groups in total. The van der Waals surface area contributed by atoms with Crippen LogP contribution >= 0.6 is 11.3 Å². The van der Waals surface area contributed by atoms with Crippen LogP contribution in [0.15, 0.2) is 23.6 Å². The molecule has 0 bridgehead atoms. The number of methoxy groups -OCH3 is 1. The molecule has 0 saturated heterocycles. The van der Waals surface area contributed by atoms with Crippen molar-refractivity contribution in [1.29, 1.82) is 0 Å². The molecule has 5 heteroatoms. The molecule has 0 aliphatic carbocycles. The molecule has 0 saturated carbocycles. The van der Waals surface area contributed by atoms with Crippen molar-refractivity contribution in [3.8, 4) is 17.0 Å². The second kappa shape index (κ2) is 5.18. The Morgan fingerprint density at radius 2 is 2.28 bits per heavy atom. The van der Waals surface area contributed by atoms with Gasteiger partial charge in [-0.25, -0.2) is 4.98 Å². The average Bonchev–Trinajstić information content (AvgIpc) is 2.75. The van der Waals surface area contributed by atoms with Crippen molar-refractivity contribution in [2.45, 2.75) is 13.3 Å². The lowest BCUT2D eigenvalue weighted by molar-refractivity contribution is -0.304. The van der Waals surface area contributed by atoms with Gasteiger partial charge in [-0.3, -0.25) is 0 Å². The van der Waals surface area contributed by atoms with Gasteiger partial charge in [-0.1, -0.05) is 0 Å². The SMILES string of the molecule is COc1ccc(-c2csc(C)n2)cc1CC(=O)[O-]. The summed E-state index contributed by atoms with van der Waals surface area (Å²) in [4.78, 5) is 15.1. The summed E-state index contributed by atoms with van der Waals surface area (Å²) in [7, 11) is 1.51. The maximum Gasteiger partial charge on any atom is 0.122 e. The van der Waals surface area contributed by atoms with E-state index >= 15 is 0 Å². The maximum atomic E-state index is 10.7. The van der Waals surface area contributed by atoms with Crippen LogP contribution in [0.3, 0.4) is 0 Å². The van der Waals surface area contributed by atoms with Gasteiger partial charge in [-0.2, -0.15) is 0 Å². The van der Waals surface area contributed by atoms with Crippen LogP contribution in [-0.2, 0) is 11.2 Å². The molecule has 18 heavy (non-hydrogen) atoms. The first kappa shape index (κ1) is 12.6. The molecular weight excluding hydrogens is 250 g/mol. The number of carboxylic acid groups (broad SMARTS) is 1. The highest BCUT2D eigenvalue weighted by Crippen LogP contribution is 2.27. The monoisotopic (exact) mass is 262 g/mol. The van der Waals surface area contributed by atoms with E-state index in [1.807, 2.05) is 18.4 Å². The van der Waals surface area contributed by atoms with Gasteiger partial charge in [0, 0.05) is 28.9 Å². The smallest absolute Gasteiger partial charge is 0.122 e. The molecule has 1 aromatic heterocycles. The highest BCUT2D eigenvalue weighted by molar-refractivity contribution is 7.09. The molecule has 2 rings (SSSR count). The van der Waals surface area contributed by atoms with E-state index in [9.17, 15) is 9.90 Å². The number of hydrogen-bond acceptors (Lipinski definition) is 5. The minimum atomic E-state index is -1.13. The summed E-state index contributed by atoms with van der Waals surface area (Å²) in [6.45, 7) is 1.93. The molecule has 0 radical (unpaired) electrons. The number of carboxylic acids is 1. The summed E-state index contributed by atoms with van der Waals surface area (Å²) in [5.74, 6) is -0.574. The van der Waals surface area contributed by atoms with Gasteiger partial charge in [0.25, 0.3) is 0 Å². The van der Waals surface area contributed by atoms with Crippen molar-refractivity contribution in [3.63, 3.8) is 0 Å². The Hall–Kier alpha value is -1.88. The molecule has 0 spiro atoms. The Morgan fingerprint density at radius 1 is 1.50 bits per heavy atom. The molecule has 0 amide bonds. The number of carbonyl (C=O) groups excluding carboxylic acids is 1. The summed E-state index contributed by atoms with van der Waals surface area (Å²) >= 11 is 1.56. The van der Waals surface area contributed by atoms with Crippen LogP contribution in [0.4, 0.5) is 0 Å². The van der Waals surface area contributed by atoms with Crippen molar-refractivity contribution in [2.75, 3.05) is 7.11 Å². The fourth-order valence-corrected chi connectivity index (χ4v) is 2.35. The fourth-order valence-electron chi connectivity index (χ4n) is 1.73. The van der Waals surface area contributed by atoms with Crippen LogP contribution in [0.2, 0.25) is 0 Å². The van der Waals surface area contributed by atoms with Gasteiger partial charge in [0.1, 0.15) is 5.75 Å². The van der Waals surface area contributed by atoms with Crippen LogP contribution in [-0.4, -0.2) is 18.1 Å². The third kappa shape index (κ3) is 2.68. The number of nitrogens with zero attached hydrogens (tertiary/aromatic N) is 1. The molecule has 0 aliphatic rings. The topological polar surface area (TPSA) is 62.2 Å². The number of carbonyl (C=O) groups is 1. The Morgan fingerprint density at radius 3 is 2.83 bits per heavy atom. The number of aromatic nitrogens is 1. The van der Waals surface area contributed by atoms with E-state index < -0.39 is 5.97 Å². The predicted molar refractivity (Wildman–Crippen MR) is 67.6 cm³/mol. The molecule has 4 nitrogen and oxygen atoms in total. The second-order valence-electron chi connectivity index (χ2n) is 3.83. The van der Waals surface area contributed by atoms with Crippen LogP contribution in [0.25, 0.3) is 11.3 Å². The maximum absolute atomic E-state index is 10.7. The third-order valence-electron chi connectivity index (χ3n) is 2.53. The first-order valence-electron chi connectivity index (χ1n) is 5.39. The van der Waals surface area contributed by atoms with Gasteiger partial charge < -0.3 is 14.6 Å². The number of thiazole rings is 1. The van der Waals surface area contributed by atoms with E-state index in [0.717, 1.165) is 16.3 Å². The van der Waals surface area contributed by atoms with Crippen molar-refractivity contribution in [3.05, 3.63) is 34.2 Å². The zero-order chi connectivity index (χ0) is 13.1. The summed E-state index contributed by atoms with van der Waals surface area (Å²) < 4.78 is 5.13. The Balaban J connectivity index is 2.41. The fraction of sp³-hybridized carbons (Fsp3) is 0.231. The molecule has 0 unspecified atom stereocenters. The highest BCUT2D eigenvalue weighted by Gasteiger charge is 2.08. The average molecular weight is 262 g/mol. The lowest BCUT2D eigenvalue weighted by atomic mass is 10.1. The van der Waals surface area contributed by atoms with Crippen molar-refractivity contribution in [2.24, 2.45) is 0 Å². The Kier molecular flexibility index (Phi) is 3.62. The normalized spacial score (nSPS) is 10.3. The molecule has 0 atom stereocenters. The largest absolute Gasteiger partial charge is 0.550 e. The molecule has 1 heterocycles. The molecular formula is C13H12NO3S-. The lowest BCUT2D eigenvalue weighted by Crippen LogP contribution is -2.24. The highest BCUT2D eigenvalue weighted by atomic mass is 32.1. The van der Waals surface area contributed by atoms with Gasteiger partial charge in [0.15, 0.2) is 0 Å². The van der Waals surface area contributed by atoms with Crippen LogP contribution in [0.5, 0.6) is 5.75 Å². The molecule has 94 valence electrons. The quantitative estimate of drug-likeness (QED) is 0.836. The Bertz CT molecular complexity index is 577. The standard InChI is InChI=1S/C13H13NO3S/c1-8-14-11(7-18-8)9-3-4-12(17-2)10(5-9)6-13(15)16/h3-5,7H,6H2,1-2H3,(H,15,16)/p-1. The first-order valence-corrected chi connectivity index (χ1v) is 6.27. The van der Waals surface area contributed by atoms with Crippen LogP contribution in [0, 0.1) is 6.92 Å². The van der Waals surface area contributed by atoms with E-state index in [4.69, 9.17) is 4.74 Å². The zero-order valence-corrected chi connectivity index (χ0v) is 10.9. The van der Waals surface area contributed by atoms with Gasteiger partial charge in [0.05, 0.1) is 17.8 Å². The molecule has 0 aliphatic heterocycles. The predicted octanol–water partition coefficient (Wildman–Crippen LogP) is 1.42. The minimum Gasteiger partial charge on any atom is -0.550 e. The molecule has 1 aromatic carbocycles. The second-order valence-corrected chi connectivity index (χ2v) is 4.89. The number of hydrogen-bond donors (Lipinski definition) is 0. The van der Waals surface area contributed by atoms with E-state index in [0.29, 0.717) is 11.3 Å². The number of ether oxygens (including phenoxy) is 1. The van der Waals surface area contributed by atoms with Gasteiger partial charge in [-0.05, 0) is 25.1 Å². The summed E-state index contributed by atoms with van der Waals surface area (Å²) in [5, 5.41) is 13.6. The van der Waals surface area contributed by atoms with Gasteiger partial charge in [0.2, 0.25) is 0 Å². The van der Waals surface area contributed by atoms with E-state index in [1.165, 1.54) is 7.11 Å². The first-order chi connectivity index (χ1) is 8.60. The zero-order valence-electron chi connectivity index (χ0n) is 10.1. The van der Waals surface area contributed by atoms with Crippen molar-refractivity contribution < 1.29 is 14.6 Å². The number of rotatable bonds is 4. The Labute approximate surface area is 109 Å². The molecule has 2 aromatic rings. The summed E-state index contributed by atoms with van der Waals surface area (Å²) in [5.41, 5.74) is 2.33. The summed E-state index contributed by atoms with van der Waals surface area (Å²) in [6.07, 6.45) is -0.167. The van der Waals surface area contributed by atoms with Crippen molar-refractivity contribution in [1.82, 2.24) is 4.98 Å². The van der Waals surface area contributed by atoms with Crippen LogP contribution in [0.1, 0.15) is 10.6 Å². The lowest BCUT2D eigenvalue weighted by Gasteiger charge is -2.10. The number of aliphatic carboxylic acids is 1. The van der Waals surface area contributed by atoms with Crippen molar-refractivity contribution >= 4 is 17.3 Å². The number of benzene rings is 1. The van der Waals surface area contributed by atoms with Crippen LogP contribution < -0.4 is 9.84 Å². The van der Waals surface area contributed by atoms with E-state index in [1.54, 1.807) is 23.5 Å². The van der Waals surface area contributed by atoms with E-state index in [2.05, 4.69) is 4.98 Å². The third-order valence-corrected chi connectivity index (χ3v) is 3.30. The van der Waals surface area contributed by atoms with E-state index in [-0.39, 0.29) is 6.42 Å². The minimum absolute atomic E-state index is 0.167. The number of aryl methyl sites for hydroxylation is 1. The van der Waals surface area contributed by atoms with Gasteiger partial charge >= 0.3 is 0 Å². The molecule has 0 fully saturated rings. The van der Waals surface area contributed by atoms with Gasteiger partial charge in [-0.15, -0.1) is 11.3 Å².